The summed E-state index contributed by atoms with van der Waals surface area (Å²) in [6, 6.07) is 1.59. The van der Waals surface area contributed by atoms with E-state index in [4.69, 9.17) is 0 Å². The van der Waals surface area contributed by atoms with E-state index in [9.17, 15) is 0 Å². The van der Waals surface area contributed by atoms with E-state index in [0.717, 1.165) is 18.0 Å². The lowest BCUT2D eigenvalue weighted by Gasteiger charge is -2.33. The molecule has 3 saturated heterocycles. The highest BCUT2D eigenvalue weighted by Gasteiger charge is 2.35. The molecule has 2 bridgehead atoms. The first kappa shape index (κ1) is 10.1. The lowest BCUT2D eigenvalue weighted by molar-refractivity contribution is 0.209. The summed E-state index contributed by atoms with van der Waals surface area (Å²) in [6.45, 7) is 6.58. The molecule has 0 aromatic heterocycles. The van der Waals surface area contributed by atoms with Crippen LogP contribution < -0.4 is 5.32 Å². The molecule has 0 spiro atoms. The summed E-state index contributed by atoms with van der Waals surface area (Å²) < 4.78 is 0. The minimum Gasteiger partial charge on any atom is -0.310 e. The monoisotopic (exact) mass is 209 g/mol. The topological polar surface area (TPSA) is 18.5 Å². The first-order chi connectivity index (χ1) is 7.31. The van der Waals surface area contributed by atoms with Crippen molar-refractivity contribution in [1.29, 1.82) is 0 Å². The van der Waals surface area contributed by atoms with Gasteiger partial charge in [-0.1, -0.05) is 0 Å². The number of hydrogen-bond acceptors (Lipinski definition) is 3. The molecular weight excluding hydrogens is 186 g/mol. The van der Waals surface area contributed by atoms with Crippen LogP contribution in [-0.2, 0) is 0 Å². The second-order valence-corrected chi connectivity index (χ2v) is 5.66. The normalized spacial score (nSPS) is 46.2. The minimum absolute atomic E-state index is 0.771. The Bertz CT molecular complexity index is 231. The lowest BCUT2D eigenvalue weighted by atomic mass is 9.93. The Morgan fingerprint density at radius 2 is 1.87 bits per heavy atom. The van der Waals surface area contributed by atoms with E-state index >= 15 is 0 Å². The number of piperidine rings is 1. The molecule has 0 amide bonds. The summed E-state index contributed by atoms with van der Waals surface area (Å²) in [4.78, 5) is 5.07. The third-order valence-electron chi connectivity index (χ3n) is 4.48. The summed E-state index contributed by atoms with van der Waals surface area (Å²) in [5.41, 5.74) is 0. The third kappa shape index (κ3) is 2.05. The number of nitrogens with one attached hydrogen (secondary N) is 1. The van der Waals surface area contributed by atoms with Gasteiger partial charge in [0.1, 0.15) is 0 Å². The molecule has 3 rings (SSSR count). The number of likely N-dealkylation sites (N-methyl/N-ethyl adjacent to an activating group) is 1. The van der Waals surface area contributed by atoms with Gasteiger partial charge in [-0.05, 0) is 51.9 Å². The number of likely N-dealkylation sites (tertiary alicyclic amines) is 1. The van der Waals surface area contributed by atoms with Crippen LogP contribution in [0.3, 0.4) is 0 Å². The van der Waals surface area contributed by atoms with E-state index in [0.29, 0.717) is 0 Å². The number of fused-ring (bicyclic) bond motifs is 2. The third-order valence-corrected chi connectivity index (χ3v) is 4.48. The van der Waals surface area contributed by atoms with E-state index in [-0.39, 0.29) is 0 Å². The maximum atomic E-state index is 3.91. The van der Waals surface area contributed by atoms with Crippen molar-refractivity contribution in [2.75, 3.05) is 39.8 Å². The van der Waals surface area contributed by atoms with Gasteiger partial charge in [0.15, 0.2) is 0 Å². The van der Waals surface area contributed by atoms with Crippen molar-refractivity contribution >= 4 is 0 Å². The zero-order valence-electron chi connectivity index (χ0n) is 9.78. The van der Waals surface area contributed by atoms with Crippen LogP contribution in [0.1, 0.15) is 19.3 Å². The lowest BCUT2D eigenvalue weighted by Crippen LogP contribution is -2.48. The fourth-order valence-electron chi connectivity index (χ4n) is 3.54. The second-order valence-electron chi connectivity index (χ2n) is 5.66. The zero-order chi connectivity index (χ0) is 10.3. The van der Waals surface area contributed by atoms with Crippen LogP contribution in [0.25, 0.3) is 0 Å². The van der Waals surface area contributed by atoms with Gasteiger partial charge in [-0.15, -0.1) is 0 Å². The van der Waals surface area contributed by atoms with Crippen LogP contribution in [-0.4, -0.2) is 61.7 Å². The molecule has 4 unspecified atom stereocenters. The number of rotatable bonds is 2. The predicted octanol–water partition coefficient (Wildman–Crippen LogP) is 0.374. The molecule has 3 nitrogen and oxygen atoms in total. The average molecular weight is 209 g/mol. The van der Waals surface area contributed by atoms with E-state index < -0.39 is 0 Å². The van der Waals surface area contributed by atoms with Gasteiger partial charge in [0.05, 0.1) is 0 Å². The molecule has 0 radical (unpaired) electrons. The molecule has 86 valence electrons. The average Bonchev–Trinajstić information content (AvgIpc) is 2.79. The summed E-state index contributed by atoms with van der Waals surface area (Å²) in [7, 11) is 2.24. The zero-order valence-corrected chi connectivity index (χ0v) is 9.78. The van der Waals surface area contributed by atoms with Gasteiger partial charge < -0.3 is 15.1 Å². The molecule has 3 heteroatoms. The molecule has 4 atom stereocenters. The van der Waals surface area contributed by atoms with Gasteiger partial charge in [-0.3, -0.25) is 0 Å². The highest BCUT2D eigenvalue weighted by molar-refractivity contribution is 4.93. The van der Waals surface area contributed by atoms with E-state index in [1.54, 1.807) is 0 Å². The molecule has 3 aliphatic heterocycles. The van der Waals surface area contributed by atoms with E-state index in [1.165, 1.54) is 52.0 Å². The van der Waals surface area contributed by atoms with Crippen molar-refractivity contribution in [3.05, 3.63) is 0 Å². The van der Waals surface area contributed by atoms with Crippen molar-refractivity contribution in [3.63, 3.8) is 0 Å². The molecule has 0 aromatic rings. The highest BCUT2D eigenvalue weighted by Crippen LogP contribution is 2.27. The Balaban J connectivity index is 1.54. The van der Waals surface area contributed by atoms with Crippen molar-refractivity contribution in [3.8, 4) is 0 Å². The second kappa shape index (κ2) is 4.04. The Hall–Kier alpha value is -0.120. The summed E-state index contributed by atoms with van der Waals surface area (Å²) in [5, 5.41) is 3.91. The van der Waals surface area contributed by atoms with Gasteiger partial charge in [-0.25, -0.2) is 0 Å². The summed E-state index contributed by atoms with van der Waals surface area (Å²) in [5.74, 6) is 0.949. The number of hydrogen-bond donors (Lipinski definition) is 1. The van der Waals surface area contributed by atoms with Gasteiger partial charge in [0, 0.05) is 25.2 Å². The smallest absolute Gasteiger partial charge is 0.0209 e. The molecule has 0 saturated carbocycles. The number of nitrogens with zero attached hydrogens (tertiary/aromatic N) is 2. The molecule has 0 aromatic carbocycles. The molecule has 3 aliphatic rings. The minimum atomic E-state index is 0.771. The maximum absolute atomic E-state index is 3.91. The standard InChI is InChI=1S/C12H23N3/c1-14-5-3-11(9-14)13-12-4-7-15-6-2-10(12)8-15/h10-13H,2-9H2,1H3. The Labute approximate surface area is 92.8 Å². The molecule has 3 heterocycles. The van der Waals surface area contributed by atoms with Crippen molar-refractivity contribution < 1.29 is 0 Å². The van der Waals surface area contributed by atoms with Crippen molar-refractivity contribution in [2.45, 2.75) is 31.3 Å². The van der Waals surface area contributed by atoms with Crippen LogP contribution in [0.2, 0.25) is 0 Å². The highest BCUT2D eigenvalue weighted by atomic mass is 15.2. The van der Waals surface area contributed by atoms with Gasteiger partial charge >= 0.3 is 0 Å². The van der Waals surface area contributed by atoms with Crippen LogP contribution >= 0.6 is 0 Å². The molecule has 0 aliphatic carbocycles. The van der Waals surface area contributed by atoms with Crippen LogP contribution in [0.15, 0.2) is 0 Å². The Morgan fingerprint density at radius 1 is 1.00 bits per heavy atom. The first-order valence-corrected chi connectivity index (χ1v) is 6.48. The molecular formula is C12H23N3. The fourth-order valence-corrected chi connectivity index (χ4v) is 3.54. The van der Waals surface area contributed by atoms with Crippen LogP contribution in [0.4, 0.5) is 0 Å². The largest absolute Gasteiger partial charge is 0.310 e. The maximum Gasteiger partial charge on any atom is 0.0209 e. The van der Waals surface area contributed by atoms with E-state index in [1.807, 2.05) is 0 Å². The van der Waals surface area contributed by atoms with Crippen LogP contribution in [0, 0.1) is 5.92 Å². The predicted molar refractivity (Wildman–Crippen MR) is 62.0 cm³/mol. The first-order valence-electron chi connectivity index (χ1n) is 6.48. The quantitative estimate of drug-likeness (QED) is 0.709. The Kier molecular flexibility index (Phi) is 2.71. The van der Waals surface area contributed by atoms with Gasteiger partial charge in [0.25, 0.3) is 0 Å². The van der Waals surface area contributed by atoms with Crippen LogP contribution in [0.5, 0.6) is 0 Å². The van der Waals surface area contributed by atoms with E-state index in [2.05, 4.69) is 22.2 Å². The van der Waals surface area contributed by atoms with Gasteiger partial charge in [-0.2, -0.15) is 0 Å². The molecule has 15 heavy (non-hydrogen) atoms. The van der Waals surface area contributed by atoms with Crippen molar-refractivity contribution in [2.24, 2.45) is 5.92 Å². The molecule has 3 fully saturated rings. The SMILES string of the molecule is CN1CCC(NC2CCN3CCC2C3)C1. The Morgan fingerprint density at radius 3 is 2.67 bits per heavy atom. The summed E-state index contributed by atoms with van der Waals surface area (Å²) in [6.07, 6.45) is 4.16. The fraction of sp³-hybridized carbons (Fsp3) is 1.00. The van der Waals surface area contributed by atoms with Gasteiger partial charge in [0.2, 0.25) is 0 Å². The summed E-state index contributed by atoms with van der Waals surface area (Å²) >= 11 is 0. The van der Waals surface area contributed by atoms with Crippen molar-refractivity contribution in [1.82, 2.24) is 15.1 Å². The molecule has 1 N–H and O–H groups in total.